The van der Waals surface area contributed by atoms with Crippen molar-refractivity contribution in [2.45, 2.75) is 55.7 Å². The molecule has 12 heteroatoms. The van der Waals surface area contributed by atoms with E-state index in [9.17, 15) is 5.11 Å². The van der Waals surface area contributed by atoms with Crippen LogP contribution < -0.4 is 0 Å². The standard InChI is InChI=1S/C17H8Cl10O2/c18-8-9(19)13(23)11(21)10(20,12(8,22)16(13,26)27)14(8,24)17(28,15(9,11)25)29-6-7-4-2-1-3-5-7/h1-5,28H,6H2/t8-,9-,10-,11+,12?,13?,14?,15?,17?/m0/s1. The number of hydrogen-bond acceptors (Lipinski definition) is 2. The van der Waals surface area contributed by atoms with Crippen LogP contribution in [0.3, 0.4) is 0 Å². The molecule has 7 rings (SSSR count). The third kappa shape index (κ3) is 1.17. The molecule has 5 unspecified atom stereocenters. The molecule has 0 aliphatic heterocycles. The molecule has 0 radical (unpaired) electrons. The first-order valence-corrected chi connectivity index (χ1v) is 12.2. The van der Waals surface area contributed by atoms with Crippen LogP contribution in [0.4, 0.5) is 0 Å². The molecule has 1 aromatic carbocycles. The summed E-state index contributed by atoms with van der Waals surface area (Å²) in [5.74, 6) is -2.41. The van der Waals surface area contributed by atoms with E-state index >= 15 is 0 Å². The number of alkyl halides is 10. The fourth-order valence-corrected chi connectivity index (χ4v) is 15.6. The Bertz CT molecular complexity index is 931. The number of rotatable bonds is 3. The van der Waals surface area contributed by atoms with E-state index in [1.54, 1.807) is 24.3 Å². The number of ether oxygens (including phenoxy) is 1. The first kappa shape index (κ1) is 21.6. The van der Waals surface area contributed by atoms with Gasteiger partial charge >= 0.3 is 0 Å². The molecule has 9 atom stereocenters. The predicted molar refractivity (Wildman–Crippen MR) is 119 cm³/mol. The third-order valence-electron chi connectivity index (χ3n) is 7.84. The zero-order valence-corrected chi connectivity index (χ0v) is 21.3. The van der Waals surface area contributed by atoms with Crippen molar-refractivity contribution in [3.63, 3.8) is 0 Å². The molecule has 0 saturated heterocycles. The van der Waals surface area contributed by atoms with Crippen LogP contribution in [0.15, 0.2) is 30.3 Å². The second-order valence-corrected chi connectivity index (χ2v) is 14.1. The molecular formula is C17H8Cl10O2. The zero-order chi connectivity index (χ0) is 21.5. The van der Waals surface area contributed by atoms with Crippen LogP contribution in [-0.2, 0) is 11.3 Å². The zero-order valence-electron chi connectivity index (χ0n) is 13.7. The van der Waals surface area contributed by atoms with Crippen molar-refractivity contribution in [2.24, 2.45) is 0 Å². The number of halogens is 10. The number of hydrogen-bond donors (Lipinski definition) is 1. The molecule has 6 aliphatic carbocycles. The van der Waals surface area contributed by atoms with Gasteiger partial charge in [-0.2, -0.15) is 0 Å². The predicted octanol–water partition coefficient (Wildman–Crippen LogP) is 5.95. The van der Waals surface area contributed by atoms with E-state index in [4.69, 9.17) is 121 Å². The normalized spacial score (nSPS) is 66.9. The largest absolute Gasteiger partial charge is 0.362 e. The van der Waals surface area contributed by atoms with Gasteiger partial charge < -0.3 is 9.84 Å². The lowest BCUT2D eigenvalue weighted by atomic mass is 9.41. The van der Waals surface area contributed by atoms with E-state index in [0.717, 1.165) is 5.56 Å². The summed E-state index contributed by atoms with van der Waals surface area (Å²) in [5.41, 5.74) is 0.727. The number of aliphatic hydroxyl groups is 1. The summed E-state index contributed by atoms with van der Waals surface area (Å²) in [7, 11) is 0. The second kappa shape index (κ2) is 4.88. The van der Waals surface area contributed by atoms with E-state index in [0.29, 0.717) is 0 Å². The monoisotopic (exact) mass is 594 g/mol. The molecule has 29 heavy (non-hydrogen) atoms. The Kier molecular flexibility index (Phi) is 3.63. The van der Waals surface area contributed by atoms with Crippen molar-refractivity contribution in [2.75, 3.05) is 0 Å². The quantitative estimate of drug-likeness (QED) is 0.344. The van der Waals surface area contributed by atoms with Crippen molar-refractivity contribution < 1.29 is 9.84 Å². The van der Waals surface area contributed by atoms with E-state index < -0.39 is 49.1 Å². The fraction of sp³-hybridized carbons (Fsp3) is 0.647. The Morgan fingerprint density at radius 3 is 1.34 bits per heavy atom. The van der Waals surface area contributed by atoms with E-state index in [1.807, 2.05) is 6.07 Å². The summed E-state index contributed by atoms with van der Waals surface area (Å²) >= 11 is 69.0. The minimum atomic E-state index is -2.41. The topological polar surface area (TPSA) is 29.5 Å². The minimum Gasteiger partial charge on any atom is -0.362 e. The maximum Gasteiger partial charge on any atom is 0.212 e. The van der Waals surface area contributed by atoms with Crippen LogP contribution in [0.5, 0.6) is 0 Å². The molecule has 6 aliphatic rings. The fourth-order valence-electron chi connectivity index (χ4n) is 6.91. The molecule has 0 aromatic heterocycles. The van der Waals surface area contributed by atoms with Crippen LogP contribution in [-0.4, -0.2) is 54.2 Å². The van der Waals surface area contributed by atoms with Gasteiger partial charge in [0.05, 0.1) is 6.61 Å². The Labute approximate surface area is 215 Å². The van der Waals surface area contributed by atoms with Crippen LogP contribution >= 0.6 is 116 Å². The smallest absolute Gasteiger partial charge is 0.212 e. The van der Waals surface area contributed by atoms with Gasteiger partial charge in [0.1, 0.15) is 39.0 Å². The van der Waals surface area contributed by atoms with Crippen molar-refractivity contribution in [1.29, 1.82) is 0 Å². The van der Waals surface area contributed by atoms with Crippen molar-refractivity contribution in [3.8, 4) is 0 Å². The highest BCUT2D eigenvalue weighted by atomic mass is 35.5. The Morgan fingerprint density at radius 2 is 0.966 bits per heavy atom. The highest BCUT2D eigenvalue weighted by Crippen LogP contribution is 3.12. The first-order valence-electron chi connectivity index (χ1n) is 8.37. The Hall–Kier alpha value is 2.04. The molecule has 6 saturated carbocycles. The lowest BCUT2D eigenvalue weighted by molar-refractivity contribution is -0.243. The SMILES string of the molecule is OC1(OCc2ccccc2)C2(Cl)[C@]3(Cl)C4(Cl)C(Cl)(Cl)C5(Cl)[C@]3(Cl)C1(Cl)[C@]5(Cl)[C@]42Cl. The van der Waals surface area contributed by atoms with Crippen LogP contribution in [0, 0.1) is 0 Å². The summed E-state index contributed by atoms with van der Waals surface area (Å²) in [6.45, 7) is -0.0857. The average Bonchev–Trinajstić information content (AvgIpc) is 2.90. The first-order chi connectivity index (χ1) is 13.1. The third-order valence-corrected chi connectivity index (χ3v) is 17.1. The second-order valence-electron chi connectivity index (χ2n) is 8.26. The molecule has 6 fully saturated rings. The maximum atomic E-state index is 11.8. The molecule has 0 amide bonds. The maximum absolute atomic E-state index is 11.8. The summed E-state index contributed by atoms with van der Waals surface area (Å²) in [5, 5.41) is 11.8. The minimum absolute atomic E-state index is 0.0857. The van der Waals surface area contributed by atoms with E-state index in [1.165, 1.54) is 0 Å². The highest BCUT2D eigenvalue weighted by Gasteiger charge is 3.33. The van der Waals surface area contributed by atoms with Crippen LogP contribution in [0.1, 0.15) is 5.56 Å². The summed E-state index contributed by atoms with van der Waals surface area (Å²) < 4.78 is 3.90. The Morgan fingerprint density at radius 1 is 0.586 bits per heavy atom. The van der Waals surface area contributed by atoms with Gasteiger partial charge in [-0.15, -0.1) is 92.8 Å². The van der Waals surface area contributed by atoms with E-state index in [-0.39, 0.29) is 6.61 Å². The molecule has 2 nitrogen and oxygen atoms in total. The molecule has 4 bridgehead atoms. The van der Waals surface area contributed by atoms with Gasteiger partial charge in [0.15, 0.2) is 4.33 Å². The lowest BCUT2D eigenvalue weighted by Gasteiger charge is -2.81. The Balaban J connectivity index is 1.61. The molecular weight excluding hydrogens is 591 g/mol. The molecule has 1 N–H and O–H groups in total. The van der Waals surface area contributed by atoms with Crippen LogP contribution in [0.2, 0.25) is 0 Å². The van der Waals surface area contributed by atoms with Gasteiger partial charge in [0.25, 0.3) is 0 Å². The van der Waals surface area contributed by atoms with Gasteiger partial charge in [-0.25, -0.2) is 0 Å². The van der Waals surface area contributed by atoms with E-state index in [2.05, 4.69) is 0 Å². The van der Waals surface area contributed by atoms with Crippen molar-refractivity contribution >= 4 is 116 Å². The van der Waals surface area contributed by atoms with Gasteiger partial charge in [0, 0.05) is 0 Å². The van der Waals surface area contributed by atoms with Crippen molar-refractivity contribution in [3.05, 3.63) is 35.9 Å². The highest BCUT2D eigenvalue weighted by molar-refractivity contribution is 6.78. The van der Waals surface area contributed by atoms with Gasteiger partial charge in [-0.3, -0.25) is 0 Å². The summed E-state index contributed by atoms with van der Waals surface area (Å²) in [6, 6.07) is 9.01. The average molecular weight is 599 g/mol. The lowest BCUT2D eigenvalue weighted by Crippen LogP contribution is -3.03. The summed E-state index contributed by atoms with van der Waals surface area (Å²) in [4.78, 5) is -15.7. The van der Waals surface area contributed by atoms with Gasteiger partial charge in [-0.1, -0.05) is 53.5 Å². The molecule has 1 aromatic rings. The molecule has 158 valence electrons. The molecule has 0 heterocycles. The van der Waals surface area contributed by atoms with Crippen LogP contribution in [0.25, 0.3) is 0 Å². The summed E-state index contributed by atoms with van der Waals surface area (Å²) in [6.07, 6.45) is 0. The number of benzene rings is 1. The van der Waals surface area contributed by atoms with Gasteiger partial charge in [0.2, 0.25) is 5.79 Å². The molecule has 0 spiro atoms. The van der Waals surface area contributed by atoms with Crippen molar-refractivity contribution in [1.82, 2.24) is 0 Å². The van der Waals surface area contributed by atoms with Gasteiger partial charge in [-0.05, 0) is 5.56 Å².